The molecule has 1 aliphatic heterocycles. The Labute approximate surface area is 213 Å². The minimum Gasteiger partial charge on any atom is -0.373 e. The second-order valence-corrected chi connectivity index (χ2v) is 9.77. The molecule has 9 heteroatoms. The largest absolute Gasteiger partial charge is 0.373 e. The van der Waals surface area contributed by atoms with E-state index in [1.165, 1.54) is 5.56 Å². The van der Waals surface area contributed by atoms with Crippen molar-refractivity contribution < 1.29 is 9.59 Å². The lowest BCUT2D eigenvalue weighted by Crippen LogP contribution is -2.64. The third-order valence-corrected chi connectivity index (χ3v) is 7.26. The van der Waals surface area contributed by atoms with Gasteiger partial charge in [-0.3, -0.25) is 9.59 Å². The van der Waals surface area contributed by atoms with Crippen LogP contribution in [0.25, 0.3) is 11.0 Å². The molecule has 2 aromatic heterocycles. The molecule has 0 bridgehead atoms. The lowest BCUT2D eigenvalue weighted by molar-refractivity contribution is -0.144. The summed E-state index contributed by atoms with van der Waals surface area (Å²) in [4.78, 5) is 39.1. The van der Waals surface area contributed by atoms with E-state index in [2.05, 4.69) is 42.6 Å². The number of aromatic nitrogens is 3. The number of hydrogen-bond donors (Lipinski definition) is 3. The monoisotopic (exact) mass is 500 g/mol. The second-order valence-electron chi connectivity index (χ2n) is 9.33. The Balaban J connectivity index is 1.18. The van der Waals surface area contributed by atoms with Gasteiger partial charge >= 0.3 is 0 Å². The normalized spacial score (nSPS) is 21.9. The minimum absolute atomic E-state index is 0.323. The topological polar surface area (TPSA) is 103 Å². The van der Waals surface area contributed by atoms with Gasteiger partial charge < -0.3 is 20.5 Å². The Morgan fingerprint density at radius 2 is 1.69 bits per heavy atom. The fourth-order valence-electron chi connectivity index (χ4n) is 5.18. The SMILES string of the molecule is O=C1C(=O)C(Nc2cccc(C3CCCN(c4ncnc5[nH]ccc45)C3)c2)C1Nc1cccc(Cl)c1. The van der Waals surface area contributed by atoms with E-state index in [0.717, 1.165) is 48.5 Å². The lowest BCUT2D eigenvalue weighted by Gasteiger charge is -2.36. The van der Waals surface area contributed by atoms with Crippen LogP contribution in [0.4, 0.5) is 17.2 Å². The van der Waals surface area contributed by atoms with Gasteiger partial charge in [0, 0.05) is 41.6 Å². The molecule has 3 N–H and O–H groups in total. The van der Waals surface area contributed by atoms with Crippen molar-refractivity contribution in [3.05, 3.63) is 77.7 Å². The first-order chi connectivity index (χ1) is 17.6. The number of nitrogens with zero attached hydrogens (tertiary/aromatic N) is 3. The number of nitrogens with one attached hydrogen (secondary N) is 3. The molecule has 1 aliphatic carbocycles. The van der Waals surface area contributed by atoms with Gasteiger partial charge in [0.1, 0.15) is 29.9 Å². The number of hydrogen-bond acceptors (Lipinski definition) is 7. The highest BCUT2D eigenvalue weighted by Crippen LogP contribution is 2.33. The second kappa shape index (κ2) is 9.28. The molecule has 0 amide bonds. The molecule has 2 fully saturated rings. The number of fused-ring (bicyclic) bond motifs is 1. The fraction of sp³-hybridized carbons (Fsp3) is 0.259. The molecule has 0 spiro atoms. The first-order valence-electron chi connectivity index (χ1n) is 12.1. The molecular weight excluding hydrogens is 476 g/mol. The van der Waals surface area contributed by atoms with E-state index in [1.807, 2.05) is 30.5 Å². The van der Waals surface area contributed by atoms with Crippen molar-refractivity contribution in [3.8, 4) is 0 Å². The summed E-state index contributed by atoms with van der Waals surface area (Å²) >= 11 is 6.06. The van der Waals surface area contributed by atoms with Crippen LogP contribution in [0, 0.1) is 0 Å². The molecule has 3 atom stereocenters. The van der Waals surface area contributed by atoms with Crippen molar-refractivity contribution in [1.82, 2.24) is 15.0 Å². The van der Waals surface area contributed by atoms with Crippen LogP contribution in [0.2, 0.25) is 5.02 Å². The first kappa shape index (κ1) is 22.5. The summed E-state index contributed by atoms with van der Waals surface area (Å²) in [7, 11) is 0. The minimum atomic E-state index is -0.633. The maximum absolute atomic E-state index is 12.4. The predicted octanol–water partition coefficient (Wildman–Crippen LogP) is 4.41. The summed E-state index contributed by atoms with van der Waals surface area (Å²) < 4.78 is 0. The Kier molecular flexibility index (Phi) is 5.81. The van der Waals surface area contributed by atoms with E-state index >= 15 is 0 Å². The highest BCUT2D eigenvalue weighted by atomic mass is 35.5. The van der Waals surface area contributed by atoms with Gasteiger partial charge in [-0.15, -0.1) is 0 Å². The summed E-state index contributed by atoms with van der Waals surface area (Å²) in [5.41, 5.74) is 3.57. The van der Waals surface area contributed by atoms with E-state index in [1.54, 1.807) is 24.5 Å². The number of piperidine rings is 1. The van der Waals surface area contributed by atoms with Crippen LogP contribution in [-0.2, 0) is 9.59 Å². The number of halogens is 1. The molecule has 3 unspecified atom stereocenters. The number of carbonyl (C=O) groups is 2. The highest BCUT2D eigenvalue weighted by Gasteiger charge is 2.49. The van der Waals surface area contributed by atoms with Gasteiger partial charge in [-0.2, -0.15) is 0 Å². The number of benzene rings is 2. The number of Topliss-reactive ketones (excluding diaryl/α,β-unsaturated/α-hetero) is 2. The molecular formula is C27H25ClN6O2. The van der Waals surface area contributed by atoms with E-state index in [-0.39, 0.29) is 0 Å². The van der Waals surface area contributed by atoms with Crippen molar-refractivity contribution in [2.45, 2.75) is 30.8 Å². The van der Waals surface area contributed by atoms with Crippen LogP contribution >= 0.6 is 11.6 Å². The van der Waals surface area contributed by atoms with E-state index in [9.17, 15) is 9.59 Å². The highest BCUT2D eigenvalue weighted by molar-refractivity contribution is 6.50. The molecule has 4 aromatic rings. The van der Waals surface area contributed by atoms with Gasteiger partial charge in [-0.1, -0.05) is 29.8 Å². The average Bonchev–Trinajstić information content (AvgIpc) is 3.40. The number of aromatic amines is 1. The third kappa shape index (κ3) is 4.18. The van der Waals surface area contributed by atoms with E-state index in [0.29, 0.717) is 16.6 Å². The van der Waals surface area contributed by atoms with Crippen molar-refractivity contribution in [2.75, 3.05) is 28.6 Å². The summed E-state index contributed by atoms with van der Waals surface area (Å²) in [5.74, 6) is 0.438. The van der Waals surface area contributed by atoms with Crippen molar-refractivity contribution in [2.24, 2.45) is 0 Å². The maximum Gasteiger partial charge on any atom is 0.225 e. The molecule has 182 valence electrons. The number of carbonyl (C=O) groups excluding carboxylic acids is 2. The molecule has 0 radical (unpaired) electrons. The van der Waals surface area contributed by atoms with Gasteiger partial charge in [-0.25, -0.2) is 9.97 Å². The van der Waals surface area contributed by atoms with Crippen LogP contribution in [0.3, 0.4) is 0 Å². The molecule has 2 aliphatic rings. The Hall–Kier alpha value is -3.91. The van der Waals surface area contributed by atoms with Gasteiger partial charge in [0.25, 0.3) is 0 Å². The van der Waals surface area contributed by atoms with Crippen molar-refractivity contribution in [1.29, 1.82) is 0 Å². The van der Waals surface area contributed by atoms with Crippen LogP contribution in [0.5, 0.6) is 0 Å². The zero-order valence-electron chi connectivity index (χ0n) is 19.4. The summed E-state index contributed by atoms with van der Waals surface area (Å²) in [6.45, 7) is 1.79. The van der Waals surface area contributed by atoms with Crippen LogP contribution in [0.15, 0.2) is 67.1 Å². The van der Waals surface area contributed by atoms with Gasteiger partial charge in [-0.05, 0) is 54.8 Å². The van der Waals surface area contributed by atoms with Gasteiger partial charge in [0.15, 0.2) is 0 Å². The number of H-pyrrole nitrogens is 1. The van der Waals surface area contributed by atoms with E-state index in [4.69, 9.17) is 11.6 Å². The summed E-state index contributed by atoms with van der Waals surface area (Å²) in [6.07, 6.45) is 5.62. The first-order valence-corrected chi connectivity index (χ1v) is 12.4. The number of ketones is 2. The van der Waals surface area contributed by atoms with Crippen molar-refractivity contribution >= 4 is 51.4 Å². The molecule has 2 aromatic carbocycles. The number of rotatable bonds is 6. The molecule has 1 saturated carbocycles. The smallest absolute Gasteiger partial charge is 0.225 e. The molecule has 6 rings (SSSR count). The molecule has 36 heavy (non-hydrogen) atoms. The third-order valence-electron chi connectivity index (χ3n) is 7.02. The fourth-order valence-corrected chi connectivity index (χ4v) is 5.37. The van der Waals surface area contributed by atoms with Gasteiger partial charge in [0.05, 0.1) is 5.39 Å². The van der Waals surface area contributed by atoms with Crippen molar-refractivity contribution in [3.63, 3.8) is 0 Å². The Morgan fingerprint density at radius 3 is 2.47 bits per heavy atom. The number of anilines is 3. The zero-order valence-corrected chi connectivity index (χ0v) is 20.2. The van der Waals surface area contributed by atoms with Gasteiger partial charge in [0.2, 0.25) is 11.6 Å². The quantitative estimate of drug-likeness (QED) is 0.337. The predicted molar refractivity (Wildman–Crippen MR) is 141 cm³/mol. The molecule has 8 nitrogen and oxygen atoms in total. The average molecular weight is 501 g/mol. The maximum atomic E-state index is 12.4. The van der Waals surface area contributed by atoms with Crippen LogP contribution < -0.4 is 15.5 Å². The Bertz CT molecular complexity index is 1450. The summed E-state index contributed by atoms with van der Waals surface area (Å²) in [6, 6.07) is 16.0. The van der Waals surface area contributed by atoms with Crippen LogP contribution in [0.1, 0.15) is 24.3 Å². The lowest BCUT2D eigenvalue weighted by atomic mass is 9.82. The summed E-state index contributed by atoms with van der Waals surface area (Å²) in [5, 5.41) is 8.02. The standard InChI is InChI=1S/C27H25ClN6O2/c28-18-6-2-8-20(13-18)33-23-22(24(35)25(23)36)32-19-7-1-4-16(12-19)17-5-3-11-34(14-17)27-21-9-10-29-26(21)30-15-31-27/h1-2,4,6-10,12-13,15,17,22-23,32-33H,3,5,11,14H2,(H,29,30,31). The Morgan fingerprint density at radius 1 is 0.944 bits per heavy atom. The molecule has 1 saturated heterocycles. The zero-order chi connectivity index (χ0) is 24.6. The van der Waals surface area contributed by atoms with Crippen LogP contribution in [-0.4, -0.2) is 51.7 Å². The molecule has 3 heterocycles. The van der Waals surface area contributed by atoms with E-state index < -0.39 is 23.7 Å².